The maximum absolute atomic E-state index is 14.2. The lowest BCUT2D eigenvalue weighted by atomic mass is 10.00. The topological polar surface area (TPSA) is 219 Å². The van der Waals surface area contributed by atoms with Crippen LogP contribution in [0.25, 0.3) is 10.9 Å². The summed E-state index contributed by atoms with van der Waals surface area (Å²) in [5.74, 6) is -5.35. The summed E-state index contributed by atoms with van der Waals surface area (Å²) in [7, 11) is 0. The molecule has 3 aromatic rings. The van der Waals surface area contributed by atoms with E-state index in [1.165, 1.54) is 19.9 Å². The number of aromatic nitrogens is 1. The normalized spacial score (nSPS) is 23.2. The molecule has 0 aliphatic carbocycles. The van der Waals surface area contributed by atoms with E-state index in [2.05, 4.69) is 31.6 Å². The molecule has 1 aliphatic rings. The molecule has 0 spiro atoms. The van der Waals surface area contributed by atoms with Crippen molar-refractivity contribution >= 4 is 69.8 Å². The Morgan fingerprint density at radius 3 is 2.31 bits per heavy atom. The maximum Gasteiger partial charge on any atom is 0.327 e. The van der Waals surface area contributed by atoms with Crippen molar-refractivity contribution in [1.29, 1.82) is 0 Å². The van der Waals surface area contributed by atoms with E-state index in [-0.39, 0.29) is 30.1 Å². The third-order valence-electron chi connectivity index (χ3n) is 8.40. The van der Waals surface area contributed by atoms with Crippen molar-refractivity contribution in [2.45, 2.75) is 88.8 Å². The second-order valence-electron chi connectivity index (χ2n) is 13.0. The van der Waals surface area contributed by atoms with E-state index >= 15 is 0 Å². The molecule has 0 saturated heterocycles. The van der Waals surface area contributed by atoms with E-state index in [0.717, 1.165) is 17.3 Å². The summed E-state index contributed by atoms with van der Waals surface area (Å²) in [6.07, 6.45) is -1.31. The summed E-state index contributed by atoms with van der Waals surface area (Å²) in [4.78, 5) is 83.2. The number of fused-ring (bicyclic) bond motifs is 3. The Hall–Kier alpha value is -4.60. The summed E-state index contributed by atoms with van der Waals surface area (Å²) in [6, 6.07) is 5.37. The number of carbonyl (C=O) groups is 6. The molecule has 0 saturated carbocycles. The number of benzene rings is 2. The number of hydrogen-bond acceptors (Lipinski definition) is 8. The Morgan fingerprint density at radius 2 is 1.67 bits per heavy atom. The van der Waals surface area contributed by atoms with Gasteiger partial charge in [-0.1, -0.05) is 49.7 Å². The van der Waals surface area contributed by atoms with Crippen molar-refractivity contribution in [3.05, 3.63) is 64.2 Å². The lowest BCUT2D eigenvalue weighted by molar-refractivity contribution is -0.142. The molecule has 14 nitrogen and oxygen atoms in total. The van der Waals surface area contributed by atoms with Crippen LogP contribution in [-0.2, 0) is 30.4 Å². The Kier molecular flexibility index (Phi) is 13.1. The number of H-pyrrole nitrogens is 1. The van der Waals surface area contributed by atoms with Crippen LogP contribution in [0.2, 0.25) is 5.02 Å². The van der Waals surface area contributed by atoms with E-state index in [9.17, 15) is 39.0 Å². The highest BCUT2D eigenvalue weighted by molar-refractivity contribution is 7.99. The number of para-hydroxylation sites is 1. The van der Waals surface area contributed by atoms with Gasteiger partial charge in [0, 0.05) is 33.7 Å². The molecule has 1 aliphatic heterocycles. The van der Waals surface area contributed by atoms with Crippen molar-refractivity contribution in [2.75, 3.05) is 5.75 Å². The molecule has 5 amide bonds. The SMILES string of the molecule is Cc1ccc(C(=O)N[C@H]2Cc3c([nH]c4ccccc34)SC[C@@H](C(=O)O)NC(=O)[C@H]([C@@H](C)O)NC(=O)[C@@H](C)NC(=O)[C@H](CC(C)C)NC2=O)cc1Cl. The average molecular weight is 743 g/mol. The minimum absolute atomic E-state index is 0.0760. The number of aliphatic hydroxyl groups excluding tert-OH is 1. The number of nitrogens with one attached hydrogen (secondary N) is 6. The number of aliphatic carboxylic acids is 1. The summed E-state index contributed by atoms with van der Waals surface area (Å²) >= 11 is 7.37. The average Bonchev–Trinajstić information content (AvgIpc) is 3.41. The number of rotatable bonds is 6. The molecular weight excluding hydrogens is 700 g/mol. The number of halogens is 1. The number of carboxylic acids is 1. The molecule has 2 aromatic carbocycles. The molecule has 0 bridgehead atoms. The molecule has 4 rings (SSSR count). The van der Waals surface area contributed by atoms with Crippen LogP contribution in [0.1, 0.15) is 55.6 Å². The standard InChI is InChI=1S/C35H43ClN6O8S/c1-16(2)12-25-31(46)37-18(4)29(44)42-28(19(5)43)33(48)40-27(35(49)50)15-51-34-22(21-8-6-7-9-24(21)41-34)14-26(32(47)39-25)38-30(45)20-11-10-17(3)23(36)13-20/h6-11,13,16,18-19,25-28,41,43H,12,14-15H2,1-5H3,(H,37,46)(H,38,45)(H,39,47)(H,40,48)(H,42,44)(H,49,50)/t18-,19-,25+,26+,27+,28+/m1/s1. The van der Waals surface area contributed by atoms with Crippen molar-refractivity contribution in [3.8, 4) is 0 Å². The number of carbonyl (C=O) groups excluding carboxylic acids is 5. The fraction of sp³-hybridized carbons (Fsp3) is 0.429. The van der Waals surface area contributed by atoms with Gasteiger partial charge < -0.3 is 41.8 Å². The maximum atomic E-state index is 14.2. The number of aryl methyl sites for hydroxylation is 1. The van der Waals surface area contributed by atoms with E-state index in [0.29, 0.717) is 26.5 Å². The first-order chi connectivity index (χ1) is 24.0. The summed E-state index contributed by atoms with van der Waals surface area (Å²) in [6.45, 7) is 8.12. The van der Waals surface area contributed by atoms with Crippen LogP contribution in [0, 0.1) is 12.8 Å². The number of hydrogen-bond donors (Lipinski definition) is 8. The first kappa shape index (κ1) is 39.2. The van der Waals surface area contributed by atoms with Gasteiger partial charge in [0.1, 0.15) is 30.2 Å². The molecule has 8 N–H and O–H groups in total. The molecule has 16 heteroatoms. The Balaban J connectivity index is 1.81. The van der Waals surface area contributed by atoms with Gasteiger partial charge in [0.05, 0.1) is 11.1 Å². The van der Waals surface area contributed by atoms with Gasteiger partial charge in [-0.3, -0.25) is 24.0 Å². The van der Waals surface area contributed by atoms with Gasteiger partial charge in [-0.25, -0.2) is 4.79 Å². The van der Waals surface area contributed by atoms with Crippen LogP contribution in [0.5, 0.6) is 0 Å². The highest BCUT2D eigenvalue weighted by atomic mass is 35.5. The molecule has 1 aromatic heterocycles. The van der Waals surface area contributed by atoms with Crippen LogP contribution in [0.15, 0.2) is 47.5 Å². The Labute approximate surface area is 304 Å². The third kappa shape index (κ3) is 10.0. The largest absolute Gasteiger partial charge is 0.480 e. The summed E-state index contributed by atoms with van der Waals surface area (Å²) in [5.41, 5.74) is 2.22. The van der Waals surface area contributed by atoms with Gasteiger partial charge in [-0.15, -0.1) is 11.8 Å². The minimum atomic E-state index is -1.54. The van der Waals surface area contributed by atoms with E-state index in [1.807, 2.05) is 19.9 Å². The predicted molar refractivity (Wildman–Crippen MR) is 192 cm³/mol. The van der Waals surface area contributed by atoms with Gasteiger partial charge >= 0.3 is 5.97 Å². The molecule has 274 valence electrons. The highest BCUT2D eigenvalue weighted by Gasteiger charge is 2.34. The first-order valence-corrected chi connectivity index (χ1v) is 17.8. The lowest BCUT2D eigenvalue weighted by Gasteiger charge is -2.27. The molecule has 6 atom stereocenters. The van der Waals surface area contributed by atoms with Crippen LogP contribution >= 0.6 is 23.4 Å². The molecule has 51 heavy (non-hydrogen) atoms. The second kappa shape index (κ2) is 17.1. The second-order valence-corrected chi connectivity index (χ2v) is 14.5. The van der Waals surface area contributed by atoms with Gasteiger partial charge in [0.25, 0.3) is 5.91 Å². The number of thioether (sulfide) groups is 1. The lowest BCUT2D eigenvalue weighted by Crippen LogP contribution is -2.60. The summed E-state index contributed by atoms with van der Waals surface area (Å²) in [5, 5.41) is 34.8. The minimum Gasteiger partial charge on any atom is -0.480 e. The van der Waals surface area contributed by atoms with Crippen LogP contribution < -0.4 is 26.6 Å². The molecule has 0 fully saturated rings. The fourth-order valence-corrected chi connectivity index (χ4v) is 6.82. The summed E-state index contributed by atoms with van der Waals surface area (Å²) < 4.78 is 0. The zero-order chi connectivity index (χ0) is 37.6. The van der Waals surface area contributed by atoms with Crippen molar-refractivity contribution in [3.63, 3.8) is 0 Å². The number of carboxylic acid groups (broad SMARTS) is 1. The molecule has 2 heterocycles. The Morgan fingerprint density at radius 1 is 0.961 bits per heavy atom. The van der Waals surface area contributed by atoms with Gasteiger partial charge in [0.2, 0.25) is 23.6 Å². The zero-order valence-corrected chi connectivity index (χ0v) is 30.4. The number of aliphatic hydroxyl groups is 1. The quantitative estimate of drug-likeness (QED) is 0.185. The monoisotopic (exact) mass is 742 g/mol. The van der Waals surface area contributed by atoms with Gasteiger partial charge in [0.15, 0.2) is 0 Å². The zero-order valence-electron chi connectivity index (χ0n) is 28.8. The van der Waals surface area contributed by atoms with E-state index in [1.54, 1.807) is 37.3 Å². The highest BCUT2D eigenvalue weighted by Crippen LogP contribution is 2.32. The predicted octanol–water partition coefficient (Wildman–Crippen LogP) is 2.05. The Bertz CT molecular complexity index is 1810. The van der Waals surface area contributed by atoms with Crippen LogP contribution in [-0.4, -0.2) is 92.8 Å². The smallest absolute Gasteiger partial charge is 0.327 e. The molecule has 0 unspecified atom stereocenters. The molecule has 0 radical (unpaired) electrons. The number of amides is 5. The van der Waals surface area contributed by atoms with Crippen molar-refractivity contribution in [1.82, 2.24) is 31.6 Å². The van der Waals surface area contributed by atoms with Crippen molar-refractivity contribution in [2.24, 2.45) is 5.92 Å². The van der Waals surface area contributed by atoms with Crippen LogP contribution in [0.3, 0.4) is 0 Å². The van der Waals surface area contributed by atoms with Crippen molar-refractivity contribution < 1.29 is 39.0 Å². The third-order valence-corrected chi connectivity index (χ3v) is 9.95. The number of aromatic amines is 1. The fourth-order valence-electron chi connectivity index (χ4n) is 5.53. The van der Waals surface area contributed by atoms with E-state index < -0.39 is 71.8 Å². The van der Waals surface area contributed by atoms with E-state index in [4.69, 9.17) is 11.6 Å². The van der Waals surface area contributed by atoms with Gasteiger partial charge in [-0.05, 0) is 62.4 Å². The molecular formula is C35H43ClN6O8S. The first-order valence-electron chi connectivity index (χ1n) is 16.5. The van der Waals surface area contributed by atoms with Gasteiger partial charge in [-0.2, -0.15) is 0 Å². The van der Waals surface area contributed by atoms with Crippen LogP contribution in [0.4, 0.5) is 0 Å².